The molecule has 266 valence electrons. The van der Waals surface area contributed by atoms with Crippen molar-refractivity contribution in [2.45, 2.75) is 0 Å². The minimum Gasteiger partial charge on any atom is -0.456 e. The van der Waals surface area contributed by atoms with Crippen molar-refractivity contribution in [3.8, 4) is 51.0 Å². The van der Waals surface area contributed by atoms with Crippen LogP contribution in [0.2, 0.25) is 0 Å². The number of nitrogens with zero attached hydrogens (tertiary/aromatic N) is 4. The molecule has 4 heterocycles. The molecule has 0 fully saturated rings. The van der Waals surface area contributed by atoms with Crippen molar-refractivity contribution in [2.24, 2.45) is 0 Å². The first kappa shape index (κ1) is 18.0. The van der Waals surface area contributed by atoms with Gasteiger partial charge in [0.2, 0.25) is 0 Å². The van der Waals surface area contributed by atoms with Gasteiger partial charge in [0.25, 0.3) is 0 Å². The van der Waals surface area contributed by atoms with E-state index in [9.17, 15) is 16.4 Å². The van der Waals surface area contributed by atoms with Gasteiger partial charge in [-0.05, 0) is 71.6 Å². The number of fused-ring (bicyclic) bond motifs is 9. The van der Waals surface area contributed by atoms with Gasteiger partial charge in [-0.25, -0.2) is 15.0 Å². The summed E-state index contributed by atoms with van der Waals surface area (Å²) in [6.45, 7) is 0. The molecule has 0 saturated heterocycles. The summed E-state index contributed by atoms with van der Waals surface area (Å²) in [7, 11) is 0. The second-order valence-electron chi connectivity index (χ2n) is 12.8. The number of aromatic nitrogens is 4. The van der Waals surface area contributed by atoms with Crippen LogP contribution >= 0.6 is 11.3 Å². The summed E-state index contributed by atoms with van der Waals surface area (Å²) in [4.78, 5) is 13.9. The van der Waals surface area contributed by atoms with E-state index in [1.165, 1.54) is 0 Å². The van der Waals surface area contributed by atoms with Crippen molar-refractivity contribution < 1.29 is 31.8 Å². The van der Waals surface area contributed by atoms with Gasteiger partial charge in [-0.1, -0.05) is 121 Å². The Morgan fingerprint density at radius 2 is 0.947 bits per heavy atom. The Kier molecular flexibility index (Phi) is 3.97. The number of rotatable bonds is 5. The molecule has 6 heteroatoms. The molecule has 0 spiro atoms. The standard InChI is InChI=1S/C51H30N4OS/c1-3-11-31(12-4-1)49-52-50(32-13-5-2-6-14-32)54-51(53-49)35-21-24-40-39-23-19-33(27-45(39)56-46(40)28-35)34-20-25-41-42-30-36(22-26-47(42)57-48(41)29-34)55-43-17-9-7-15-37(43)38-16-8-10-18-44(38)55/h1-30H/i7D,8D,9D,10D,15D,16D,17D,18D,19D,20D,21D,22D,23D,24D,25D,26D,27D,28D,29D,30D. The number of hydrogen-bond acceptors (Lipinski definition) is 5. The highest BCUT2D eigenvalue weighted by Gasteiger charge is 2.17. The second-order valence-corrected chi connectivity index (χ2v) is 13.8. The van der Waals surface area contributed by atoms with Crippen LogP contribution in [0, 0.1) is 0 Å². The summed E-state index contributed by atoms with van der Waals surface area (Å²) in [5.74, 6) is 0.261. The fourth-order valence-electron chi connectivity index (χ4n) is 6.80. The summed E-state index contributed by atoms with van der Waals surface area (Å²) >= 11 is 0.685. The van der Waals surface area contributed by atoms with Crippen molar-refractivity contribution in [2.75, 3.05) is 0 Å². The average molecular weight is 767 g/mol. The van der Waals surface area contributed by atoms with Gasteiger partial charge in [-0.15, -0.1) is 11.3 Å². The Bertz CT molecular complexity index is 4560. The van der Waals surface area contributed by atoms with Crippen LogP contribution < -0.4 is 0 Å². The van der Waals surface area contributed by atoms with E-state index < -0.39 is 154 Å². The molecule has 0 aliphatic carbocycles. The number of furan rings is 1. The third-order valence-corrected chi connectivity index (χ3v) is 10.5. The highest BCUT2D eigenvalue weighted by Crippen LogP contribution is 2.41. The van der Waals surface area contributed by atoms with E-state index in [2.05, 4.69) is 15.0 Å². The van der Waals surface area contributed by atoms with Crippen LogP contribution in [0.5, 0.6) is 0 Å². The first-order valence-electron chi connectivity index (χ1n) is 27.4. The summed E-state index contributed by atoms with van der Waals surface area (Å²) < 4.78 is 189. The monoisotopic (exact) mass is 766 g/mol. The molecular weight excluding hydrogens is 717 g/mol. The predicted molar refractivity (Wildman–Crippen MR) is 236 cm³/mol. The average Bonchev–Trinajstić information content (AvgIpc) is 4.35. The SMILES string of the molecule is [2H]c1c(-n2c3c([2H])c([2H])c([2H])c([2H])c3c3c([2H])c([2H])c([2H])c([2H])c32)c([2H])c2c(sc3c([2H])c(-c4c([2H])c([2H])c5c(oc6c([2H])c(-c7nc(-c8ccccc8)nc(-c8ccccc8)n7)c([2H])c([2H])c65)c4[2H])c([2H])c([2H])c32)c1[2H]. The fraction of sp³-hybridized carbons (Fsp3) is 0. The van der Waals surface area contributed by atoms with Crippen molar-refractivity contribution >= 4 is 75.3 Å². The molecule has 0 saturated carbocycles. The normalized spacial score (nSPS) is 16.8. The summed E-state index contributed by atoms with van der Waals surface area (Å²) in [6.07, 6.45) is 0. The molecule has 0 aliphatic heterocycles. The molecule has 0 radical (unpaired) electrons. The number of hydrogen-bond donors (Lipinski definition) is 0. The molecule has 0 bridgehead atoms. The van der Waals surface area contributed by atoms with Crippen molar-refractivity contribution in [3.05, 3.63) is 182 Å². The lowest BCUT2D eigenvalue weighted by Crippen LogP contribution is -2.00. The minimum atomic E-state index is -0.766. The largest absolute Gasteiger partial charge is 0.456 e. The molecule has 12 rings (SSSR count). The zero-order chi connectivity index (χ0) is 54.9. The van der Waals surface area contributed by atoms with Gasteiger partial charge in [0.05, 0.1) is 38.4 Å². The Morgan fingerprint density at radius 3 is 1.58 bits per heavy atom. The van der Waals surface area contributed by atoms with Gasteiger partial charge in [0.15, 0.2) is 17.5 Å². The van der Waals surface area contributed by atoms with E-state index in [1.807, 2.05) is 12.1 Å². The van der Waals surface area contributed by atoms with Crippen molar-refractivity contribution in [1.82, 2.24) is 19.5 Å². The lowest BCUT2D eigenvalue weighted by Gasteiger charge is -2.08. The van der Waals surface area contributed by atoms with E-state index in [0.717, 1.165) is 4.57 Å². The van der Waals surface area contributed by atoms with Crippen molar-refractivity contribution in [1.29, 1.82) is 0 Å². The second kappa shape index (κ2) is 12.6. The van der Waals surface area contributed by atoms with E-state index >= 15 is 0 Å². The van der Waals surface area contributed by atoms with E-state index in [4.69, 9.17) is 15.4 Å². The Morgan fingerprint density at radius 1 is 0.421 bits per heavy atom. The quantitative estimate of drug-likeness (QED) is 0.175. The molecule has 0 aliphatic rings. The predicted octanol–water partition coefficient (Wildman–Crippen LogP) is 13.9. The van der Waals surface area contributed by atoms with Crippen LogP contribution in [-0.4, -0.2) is 19.5 Å². The van der Waals surface area contributed by atoms with E-state index in [-0.39, 0.29) is 70.3 Å². The molecule has 12 aromatic rings. The van der Waals surface area contributed by atoms with Crippen LogP contribution in [0.1, 0.15) is 27.4 Å². The zero-order valence-electron chi connectivity index (χ0n) is 48.9. The molecule has 0 atom stereocenters. The summed E-state index contributed by atoms with van der Waals surface area (Å²) in [5.41, 5.74) is -2.23. The number of benzene rings is 8. The van der Waals surface area contributed by atoms with Gasteiger partial charge >= 0.3 is 0 Å². The fourth-order valence-corrected chi connectivity index (χ4v) is 7.77. The van der Waals surface area contributed by atoms with Crippen LogP contribution in [0.25, 0.3) is 115 Å². The molecule has 57 heavy (non-hydrogen) atoms. The third-order valence-electron chi connectivity index (χ3n) is 9.44. The lowest BCUT2D eigenvalue weighted by molar-refractivity contribution is 0.669. The molecule has 5 nitrogen and oxygen atoms in total. The van der Waals surface area contributed by atoms with Crippen LogP contribution in [0.15, 0.2) is 186 Å². The third kappa shape index (κ3) is 5.19. The molecule has 8 aromatic carbocycles. The van der Waals surface area contributed by atoms with E-state index in [0.29, 0.717) is 22.5 Å². The first-order chi connectivity index (χ1) is 36.6. The molecule has 4 aromatic heterocycles. The van der Waals surface area contributed by atoms with Crippen molar-refractivity contribution in [3.63, 3.8) is 0 Å². The van der Waals surface area contributed by atoms with Gasteiger partial charge in [-0.2, -0.15) is 0 Å². The topological polar surface area (TPSA) is 56.7 Å². The van der Waals surface area contributed by atoms with Gasteiger partial charge in [-0.3, -0.25) is 0 Å². The van der Waals surface area contributed by atoms with Gasteiger partial charge in [0.1, 0.15) is 11.2 Å². The highest BCUT2D eigenvalue weighted by atomic mass is 32.1. The van der Waals surface area contributed by atoms with Gasteiger partial charge in [0, 0.05) is 64.1 Å². The Balaban J connectivity index is 1.10. The highest BCUT2D eigenvalue weighted by molar-refractivity contribution is 7.25. The lowest BCUT2D eigenvalue weighted by atomic mass is 10.0. The van der Waals surface area contributed by atoms with Gasteiger partial charge < -0.3 is 8.98 Å². The minimum absolute atomic E-state index is 0.133. The molecule has 0 unspecified atom stereocenters. The first-order valence-corrected chi connectivity index (χ1v) is 18.2. The van der Waals surface area contributed by atoms with Crippen LogP contribution in [-0.2, 0) is 0 Å². The summed E-state index contributed by atoms with van der Waals surface area (Å²) in [5, 5.41) is -1.69. The molecule has 0 N–H and O–H groups in total. The maximum absolute atomic E-state index is 9.70. The zero-order valence-corrected chi connectivity index (χ0v) is 29.7. The number of thiophene rings is 1. The smallest absolute Gasteiger partial charge is 0.164 e. The molecular formula is C51H30N4OS. The number of para-hydroxylation sites is 2. The Labute approximate surface area is 358 Å². The van der Waals surface area contributed by atoms with Crippen LogP contribution in [0.3, 0.4) is 0 Å². The maximum atomic E-state index is 9.70. The maximum Gasteiger partial charge on any atom is 0.164 e. The van der Waals surface area contributed by atoms with E-state index in [1.54, 1.807) is 48.5 Å². The van der Waals surface area contributed by atoms with Crippen LogP contribution in [0.4, 0.5) is 0 Å². The molecule has 0 amide bonds. The Hall–Kier alpha value is -7.41. The summed E-state index contributed by atoms with van der Waals surface area (Å²) in [6, 6.07) is 4.50.